The number of carbonyl (C=O) groups is 2. The van der Waals surface area contributed by atoms with E-state index in [1.165, 1.54) is 32.1 Å². The maximum atomic E-state index is 12.2. The first kappa shape index (κ1) is 28.2. The van der Waals surface area contributed by atoms with Crippen LogP contribution >= 0.6 is 0 Å². The third-order valence-corrected chi connectivity index (χ3v) is 7.52. The van der Waals surface area contributed by atoms with Gasteiger partial charge < -0.3 is 29.9 Å². The number of hydrogen-bond acceptors (Lipinski definition) is 6. The number of nitrogens with one attached hydrogen (secondary N) is 1. The van der Waals surface area contributed by atoms with Gasteiger partial charge >= 0.3 is 5.97 Å². The molecule has 2 fully saturated rings. The lowest BCUT2D eigenvalue weighted by molar-refractivity contribution is -0.276. The van der Waals surface area contributed by atoms with Gasteiger partial charge in [-0.05, 0) is 49.2 Å². The molecule has 2 heterocycles. The third-order valence-electron chi connectivity index (χ3n) is 7.52. The van der Waals surface area contributed by atoms with Gasteiger partial charge in [0.2, 0.25) is 5.91 Å². The average Bonchev–Trinajstić information content (AvgIpc) is 2.90. The molecule has 2 aliphatic heterocycles. The van der Waals surface area contributed by atoms with Gasteiger partial charge in [0.05, 0.1) is 25.2 Å². The van der Waals surface area contributed by atoms with E-state index in [4.69, 9.17) is 14.6 Å². The minimum absolute atomic E-state index is 0.00431. The van der Waals surface area contributed by atoms with Gasteiger partial charge in [0.15, 0.2) is 6.29 Å². The number of aliphatic carboxylic acids is 1. The molecule has 0 aromatic heterocycles. The molecule has 4 rings (SSSR count). The van der Waals surface area contributed by atoms with Gasteiger partial charge in [0.25, 0.3) is 0 Å². The number of hydrogen-bond donors (Lipinski definition) is 3. The predicted octanol–water partition coefficient (Wildman–Crippen LogP) is 5.04. The molecule has 0 unspecified atom stereocenters. The Kier molecular flexibility index (Phi) is 10.3. The highest BCUT2D eigenvalue weighted by atomic mass is 16.7. The largest absolute Gasteiger partial charge is 0.481 e. The molecule has 2 aromatic rings. The van der Waals surface area contributed by atoms with Crippen molar-refractivity contribution in [2.45, 2.75) is 77.0 Å². The highest BCUT2D eigenvalue weighted by Gasteiger charge is 2.39. The lowest BCUT2D eigenvalue weighted by atomic mass is 9.89. The van der Waals surface area contributed by atoms with E-state index >= 15 is 0 Å². The van der Waals surface area contributed by atoms with Crippen molar-refractivity contribution < 1.29 is 29.3 Å². The van der Waals surface area contributed by atoms with Gasteiger partial charge in [-0.2, -0.15) is 0 Å². The molecule has 0 bridgehead atoms. The summed E-state index contributed by atoms with van der Waals surface area (Å²) in [6.45, 7) is 5.15. The molecule has 2 saturated heterocycles. The third kappa shape index (κ3) is 7.86. The van der Waals surface area contributed by atoms with Crippen molar-refractivity contribution in [3.05, 3.63) is 65.2 Å². The molecule has 0 spiro atoms. The molecule has 206 valence electrons. The predicted molar refractivity (Wildman–Crippen MR) is 144 cm³/mol. The van der Waals surface area contributed by atoms with Gasteiger partial charge in [0, 0.05) is 30.1 Å². The summed E-state index contributed by atoms with van der Waals surface area (Å²) in [4.78, 5) is 25.5. The molecule has 8 nitrogen and oxygen atoms in total. The van der Waals surface area contributed by atoms with E-state index in [9.17, 15) is 14.7 Å². The zero-order valence-electron chi connectivity index (χ0n) is 22.2. The molecule has 0 aliphatic carbocycles. The summed E-state index contributed by atoms with van der Waals surface area (Å²) in [5, 5.41) is 21.1. The molecule has 0 radical (unpaired) electrons. The summed E-state index contributed by atoms with van der Waals surface area (Å²) in [6, 6.07) is 15.3. The monoisotopic (exact) mass is 524 g/mol. The second-order valence-electron chi connectivity index (χ2n) is 10.5. The van der Waals surface area contributed by atoms with E-state index < -0.39 is 12.3 Å². The number of aliphatic hydroxyl groups is 1. The normalized spacial score (nSPS) is 24.8. The lowest BCUT2D eigenvalue weighted by Gasteiger charge is -2.43. The fourth-order valence-electron chi connectivity index (χ4n) is 5.29. The smallest absolute Gasteiger partial charge is 0.303 e. The molecular formula is C30H40N2O6. The molecule has 1 amide bonds. The van der Waals surface area contributed by atoms with Crippen molar-refractivity contribution in [3.63, 3.8) is 0 Å². The number of anilines is 1. The number of aliphatic hydroxyl groups excluding tert-OH is 1. The van der Waals surface area contributed by atoms with Gasteiger partial charge in [-0.15, -0.1) is 0 Å². The maximum absolute atomic E-state index is 12.2. The topological polar surface area (TPSA) is 108 Å². The quantitative estimate of drug-likeness (QED) is 0.422. The van der Waals surface area contributed by atoms with Crippen LogP contribution in [0, 0.1) is 5.92 Å². The number of rotatable bonds is 9. The van der Waals surface area contributed by atoms with Crippen LogP contribution in [0.5, 0.6) is 0 Å². The number of amides is 1. The van der Waals surface area contributed by atoms with E-state index in [0.29, 0.717) is 5.69 Å². The lowest BCUT2D eigenvalue weighted by Crippen LogP contribution is -2.45. The van der Waals surface area contributed by atoms with Crippen LogP contribution in [0.4, 0.5) is 5.69 Å². The summed E-state index contributed by atoms with van der Waals surface area (Å²) in [6.07, 6.45) is 5.10. The van der Waals surface area contributed by atoms with Crippen LogP contribution in [0.25, 0.3) is 0 Å². The fraction of sp³-hybridized carbons (Fsp3) is 0.533. The summed E-state index contributed by atoms with van der Waals surface area (Å²) in [5.74, 6) is -1.24. The van der Waals surface area contributed by atoms with Crippen LogP contribution in [0.3, 0.4) is 0 Å². The molecule has 3 N–H and O–H groups in total. The first-order valence-corrected chi connectivity index (χ1v) is 13.8. The number of nitrogens with zero attached hydrogens (tertiary/aromatic N) is 1. The summed E-state index contributed by atoms with van der Waals surface area (Å²) in [7, 11) is 0. The first-order valence-electron chi connectivity index (χ1n) is 13.8. The van der Waals surface area contributed by atoms with Crippen molar-refractivity contribution in [1.82, 2.24) is 4.90 Å². The van der Waals surface area contributed by atoms with Crippen molar-refractivity contribution in [2.75, 3.05) is 25.0 Å². The molecule has 2 aliphatic rings. The van der Waals surface area contributed by atoms with Gasteiger partial charge in [-0.1, -0.05) is 62.6 Å². The summed E-state index contributed by atoms with van der Waals surface area (Å²) < 4.78 is 13.2. The van der Waals surface area contributed by atoms with Crippen molar-refractivity contribution in [3.8, 4) is 0 Å². The second-order valence-corrected chi connectivity index (χ2v) is 10.5. The van der Waals surface area contributed by atoms with Crippen LogP contribution in [0.15, 0.2) is 48.5 Å². The molecular weight excluding hydrogens is 484 g/mol. The average molecular weight is 525 g/mol. The summed E-state index contributed by atoms with van der Waals surface area (Å²) >= 11 is 0. The summed E-state index contributed by atoms with van der Waals surface area (Å²) in [5.41, 5.74) is 3.27. The Morgan fingerprint density at radius 2 is 1.66 bits per heavy atom. The van der Waals surface area contributed by atoms with E-state index in [-0.39, 0.29) is 43.5 Å². The highest BCUT2D eigenvalue weighted by Crippen LogP contribution is 2.42. The second kappa shape index (κ2) is 13.8. The van der Waals surface area contributed by atoms with E-state index in [0.717, 1.165) is 36.3 Å². The van der Waals surface area contributed by atoms with Gasteiger partial charge in [0.1, 0.15) is 0 Å². The Morgan fingerprint density at radius 3 is 2.34 bits per heavy atom. The van der Waals surface area contributed by atoms with Gasteiger partial charge in [-0.25, -0.2) is 0 Å². The minimum atomic E-state index is -1.00. The molecule has 4 atom stereocenters. The Balaban J connectivity index is 1.54. The van der Waals surface area contributed by atoms with Crippen LogP contribution in [-0.2, 0) is 25.7 Å². The van der Waals surface area contributed by atoms with Crippen LogP contribution in [-0.4, -0.2) is 52.7 Å². The SMILES string of the molecule is C[C@H]1[C@@H](CN2CCCCCCC2)O[C@@H](c2cccc(NC(=O)CCC(=O)O)c2)O[C@H]1c1ccc(CO)cc1. The molecule has 0 saturated carbocycles. The zero-order chi connectivity index (χ0) is 26.9. The molecule has 8 heteroatoms. The number of carboxylic acids is 1. The Labute approximate surface area is 224 Å². The fourth-order valence-corrected chi connectivity index (χ4v) is 5.29. The zero-order valence-corrected chi connectivity index (χ0v) is 22.2. The Bertz CT molecular complexity index is 1050. The van der Waals surface area contributed by atoms with Crippen molar-refractivity contribution in [1.29, 1.82) is 0 Å². The number of ether oxygens (including phenoxy) is 2. The minimum Gasteiger partial charge on any atom is -0.481 e. The Hall–Kier alpha value is -2.78. The van der Waals surface area contributed by atoms with Crippen molar-refractivity contribution in [2.24, 2.45) is 5.92 Å². The number of carboxylic acid groups (broad SMARTS) is 1. The molecule has 2 aromatic carbocycles. The van der Waals surface area contributed by atoms with E-state index in [1.54, 1.807) is 6.07 Å². The highest BCUT2D eigenvalue weighted by molar-refractivity contribution is 5.92. The number of likely N-dealkylation sites (tertiary alicyclic amines) is 1. The van der Waals surface area contributed by atoms with Crippen LogP contribution in [0.1, 0.15) is 81.0 Å². The number of carbonyl (C=O) groups excluding carboxylic acids is 1. The first-order chi connectivity index (χ1) is 18.4. The van der Waals surface area contributed by atoms with Crippen LogP contribution in [0.2, 0.25) is 0 Å². The van der Waals surface area contributed by atoms with Crippen LogP contribution < -0.4 is 5.32 Å². The van der Waals surface area contributed by atoms with Gasteiger partial charge in [-0.3, -0.25) is 9.59 Å². The Morgan fingerprint density at radius 1 is 0.947 bits per heavy atom. The number of benzene rings is 2. The van der Waals surface area contributed by atoms with Crippen molar-refractivity contribution >= 4 is 17.6 Å². The van der Waals surface area contributed by atoms with E-state index in [1.807, 2.05) is 42.5 Å². The maximum Gasteiger partial charge on any atom is 0.303 e. The standard InChI is InChI=1S/C30H40N2O6/c1-21-26(19-32-16-5-3-2-4-6-17-32)37-30(38-29(21)23-12-10-22(20-33)11-13-23)24-8-7-9-25(18-24)31-27(34)14-15-28(35)36/h7-13,18,21,26,29-30,33H,2-6,14-17,19-20H2,1H3,(H,31,34)(H,35,36)/t21-,26+,29+,30+/m0/s1. The molecule has 38 heavy (non-hydrogen) atoms. The van der Waals surface area contributed by atoms with E-state index in [2.05, 4.69) is 17.1 Å².